The summed E-state index contributed by atoms with van der Waals surface area (Å²) in [6, 6.07) is 10.6. The van der Waals surface area contributed by atoms with Crippen LogP contribution in [0.15, 0.2) is 53.5 Å². The van der Waals surface area contributed by atoms with Crippen LogP contribution < -0.4 is 16.1 Å². The van der Waals surface area contributed by atoms with Crippen LogP contribution in [0.4, 0.5) is 15.8 Å². The molecule has 1 heterocycles. The minimum absolute atomic E-state index is 0.0633. The Morgan fingerprint density at radius 2 is 1.92 bits per heavy atom. The molecular weight excluding hydrogens is 339 g/mol. The molecule has 132 valence electrons. The van der Waals surface area contributed by atoms with Gasteiger partial charge in [-0.1, -0.05) is 12.1 Å². The molecule has 26 heavy (non-hydrogen) atoms. The number of nitrogens with zero attached hydrogens (tertiary/aromatic N) is 2. The first-order valence-electron chi connectivity index (χ1n) is 7.76. The average Bonchev–Trinajstić information content (AvgIpc) is 2.60. The molecule has 0 aliphatic carbocycles. The van der Waals surface area contributed by atoms with Crippen LogP contribution in [-0.2, 0) is 16.1 Å². The largest absolute Gasteiger partial charge is 0.326 e. The number of nitrogens with one attached hydrogen (secondary N) is 2. The van der Waals surface area contributed by atoms with E-state index in [1.165, 1.54) is 23.7 Å². The van der Waals surface area contributed by atoms with Gasteiger partial charge in [-0.2, -0.15) is 5.10 Å². The van der Waals surface area contributed by atoms with E-state index in [9.17, 15) is 18.8 Å². The number of aromatic nitrogens is 2. The Balaban J connectivity index is 1.83. The normalized spacial score (nSPS) is 10.5. The minimum atomic E-state index is -0.634. The van der Waals surface area contributed by atoms with Gasteiger partial charge in [0.15, 0.2) is 0 Å². The van der Waals surface area contributed by atoms with Gasteiger partial charge in [-0.15, -0.1) is 0 Å². The Morgan fingerprint density at radius 1 is 1.15 bits per heavy atom. The molecule has 0 saturated carbocycles. The lowest BCUT2D eigenvalue weighted by atomic mass is 10.2. The van der Waals surface area contributed by atoms with Gasteiger partial charge in [0.25, 0.3) is 0 Å². The summed E-state index contributed by atoms with van der Waals surface area (Å²) in [7, 11) is 0. The predicted molar refractivity (Wildman–Crippen MR) is 95.3 cm³/mol. The van der Waals surface area contributed by atoms with Crippen LogP contribution in [0.25, 0.3) is 10.9 Å². The molecule has 0 unspecified atom stereocenters. The zero-order valence-electron chi connectivity index (χ0n) is 13.8. The predicted octanol–water partition coefficient (Wildman–Crippen LogP) is 2.13. The van der Waals surface area contributed by atoms with E-state index < -0.39 is 11.7 Å². The van der Waals surface area contributed by atoms with Gasteiger partial charge in [-0.3, -0.25) is 19.1 Å². The molecule has 0 aliphatic heterocycles. The fourth-order valence-corrected chi connectivity index (χ4v) is 2.51. The van der Waals surface area contributed by atoms with Crippen molar-refractivity contribution in [3.63, 3.8) is 0 Å². The van der Waals surface area contributed by atoms with Crippen molar-refractivity contribution in [1.29, 1.82) is 0 Å². The Labute approximate surface area is 147 Å². The maximum atomic E-state index is 13.9. The molecule has 2 N–H and O–H groups in total. The first-order valence-corrected chi connectivity index (χ1v) is 7.76. The minimum Gasteiger partial charge on any atom is -0.326 e. The summed E-state index contributed by atoms with van der Waals surface area (Å²) in [6.45, 7) is 1.12. The van der Waals surface area contributed by atoms with Gasteiger partial charge in [0.2, 0.25) is 17.2 Å². The molecule has 0 atom stereocenters. The molecule has 0 fully saturated rings. The maximum Gasteiger partial charge on any atom is 0.246 e. The van der Waals surface area contributed by atoms with Gasteiger partial charge in [-0.25, -0.2) is 4.39 Å². The van der Waals surface area contributed by atoms with E-state index in [1.54, 1.807) is 24.3 Å². The number of carbonyl (C=O) groups excluding carboxylic acids is 2. The number of benzene rings is 2. The Hall–Kier alpha value is -3.55. The van der Waals surface area contributed by atoms with Crippen molar-refractivity contribution in [1.82, 2.24) is 9.78 Å². The molecule has 7 nitrogen and oxygen atoms in total. The highest BCUT2D eigenvalue weighted by atomic mass is 19.1. The van der Waals surface area contributed by atoms with Crippen molar-refractivity contribution in [2.45, 2.75) is 13.5 Å². The first kappa shape index (κ1) is 17.3. The molecule has 0 saturated heterocycles. The van der Waals surface area contributed by atoms with Gasteiger partial charge < -0.3 is 10.6 Å². The van der Waals surface area contributed by atoms with E-state index >= 15 is 0 Å². The van der Waals surface area contributed by atoms with Gasteiger partial charge in [0.05, 0.1) is 17.4 Å². The lowest BCUT2D eigenvalue weighted by molar-refractivity contribution is -0.117. The second-order valence-electron chi connectivity index (χ2n) is 5.61. The molecule has 8 heteroatoms. The average molecular weight is 354 g/mol. The lowest BCUT2D eigenvalue weighted by Crippen LogP contribution is -2.23. The molecule has 0 bridgehead atoms. The third kappa shape index (κ3) is 3.75. The third-order valence-corrected chi connectivity index (χ3v) is 3.62. The fraction of sp³-hybridized carbons (Fsp3) is 0.111. The van der Waals surface area contributed by atoms with Gasteiger partial charge >= 0.3 is 0 Å². The summed E-state index contributed by atoms with van der Waals surface area (Å²) >= 11 is 0. The fourth-order valence-electron chi connectivity index (χ4n) is 2.51. The zero-order chi connectivity index (χ0) is 18.7. The van der Waals surface area contributed by atoms with Crippen LogP contribution >= 0.6 is 0 Å². The summed E-state index contributed by atoms with van der Waals surface area (Å²) < 4.78 is 15.3. The van der Waals surface area contributed by atoms with Crippen LogP contribution in [0.3, 0.4) is 0 Å². The van der Waals surface area contributed by atoms with Crippen LogP contribution in [0.5, 0.6) is 0 Å². The highest BCUT2D eigenvalue weighted by molar-refractivity contribution is 5.94. The Morgan fingerprint density at radius 3 is 2.69 bits per heavy atom. The molecule has 0 spiro atoms. The van der Waals surface area contributed by atoms with E-state index in [-0.39, 0.29) is 23.6 Å². The van der Waals surface area contributed by atoms with E-state index in [1.807, 2.05) is 0 Å². The highest BCUT2D eigenvalue weighted by Crippen LogP contribution is 2.20. The maximum absolute atomic E-state index is 13.9. The van der Waals surface area contributed by atoms with Gasteiger partial charge in [0, 0.05) is 18.0 Å². The Kier molecular flexibility index (Phi) is 4.74. The van der Waals surface area contributed by atoms with Gasteiger partial charge in [0.1, 0.15) is 12.4 Å². The molecule has 3 aromatic rings. The number of para-hydroxylation sites is 1. The van der Waals surface area contributed by atoms with Crippen molar-refractivity contribution in [3.8, 4) is 0 Å². The van der Waals surface area contributed by atoms with E-state index in [0.717, 1.165) is 12.3 Å². The van der Waals surface area contributed by atoms with Gasteiger partial charge in [-0.05, 0) is 30.3 Å². The quantitative estimate of drug-likeness (QED) is 0.751. The second kappa shape index (κ2) is 7.14. The third-order valence-electron chi connectivity index (χ3n) is 3.62. The number of carbonyl (C=O) groups is 2. The van der Waals surface area contributed by atoms with Crippen molar-refractivity contribution in [3.05, 3.63) is 64.7 Å². The molecule has 0 radical (unpaired) electrons. The molecular formula is C18H15FN4O3. The molecule has 2 aromatic carbocycles. The zero-order valence-corrected chi connectivity index (χ0v) is 13.8. The summed E-state index contributed by atoms with van der Waals surface area (Å²) in [6.07, 6.45) is 1.13. The monoisotopic (exact) mass is 354 g/mol. The van der Waals surface area contributed by atoms with Crippen molar-refractivity contribution >= 4 is 34.1 Å². The first-order chi connectivity index (χ1) is 12.4. The number of rotatable bonds is 4. The number of halogens is 1. The van der Waals surface area contributed by atoms with E-state index in [0.29, 0.717) is 16.6 Å². The molecule has 3 rings (SSSR count). The van der Waals surface area contributed by atoms with Crippen molar-refractivity contribution < 1.29 is 14.0 Å². The smallest absolute Gasteiger partial charge is 0.246 e. The van der Waals surface area contributed by atoms with Crippen molar-refractivity contribution in [2.24, 2.45) is 0 Å². The van der Waals surface area contributed by atoms with Crippen molar-refractivity contribution in [2.75, 3.05) is 10.6 Å². The number of anilines is 2. The summed E-state index contributed by atoms with van der Waals surface area (Å²) in [5.41, 5.74) is 0.557. The van der Waals surface area contributed by atoms with Crippen LogP contribution in [0.1, 0.15) is 6.92 Å². The molecule has 0 aliphatic rings. The standard InChI is InChI=1S/C18H15FN4O3/c1-11(24)21-12-6-7-14(19)15(8-12)22-18(26)10-23-16-5-3-2-4-13(16)17(25)9-20-23/h2-9H,10H2,1H3,(H,21,24)(H,22,26). The van der Waals surface area contributed by atoms with E-state index in [4.69, 9.17) is 0 Å². The Bertz CT molecular complexity index is 1060. The summed E-state index contributed by atoms with van der Waals surface area (Å²) in [5.74, 6) is -1.46. The van der Waals surface area contributed by atoms with Crippen LogP contribution in [0, 0.1) is 5.82 Å². The number of fused-ring (bicyclic) bond motifs is 1. The SMILES string of the molecule is CC(=O)Nc1ccc(F)c(NC(=O)Cn2ncc(=O)c3ccccc32)c1. The molecule has 1 aromatic heterocycles. The number of hydrogen-bond acceptors (Lipinski definition) is 4. The highest BCUT2D eigenvalue weighted by Gasteiger charge is 2.11. The molecule has 2 amide bonds. The summed E-state index contributed by atoms with van der Waals surface area (Å²) in [4.78, 5) is 35.2. The van der Waals surface area contributed by atoms with Crippen LogP contribution in [-0.4, -0.2) is 21.6 Å². The lowest BCUT2D eigenvalue weighted by Gasteiger charge is -2.11. The number of amides is 2. The summed E-state index contributed by atoms with van der Waals surface area (Å²) in [5, 5.41) is 9.36. The van der Waals surface area contributed by atoms with E-state index in [2.05, 4.69) is 15.7 Å². The second-order valence-corrected chi connectivity index (χ2v) is 5.61. The van der Waals surface area contributed by atoms with Crippen LogP contribution in [0.2, 0.25) is 0 Å². The number of hydrogen-bond donors (Lipinski definition) is 2. The topological polar surface area (TPSA) is 93.1 Å².